The number of pyridine rings is 1. The number of alkyl carbamates (subject to hydrolysis) is 1. The Morgan fingerprint density at radius 2 is 1.73 bits per heavy atom. The highest BCUT2D eigenvalue weighted by molar-refractivity contribution is 7.91. The molecule has 0 spiro atoms. The summed E-state index contributed by atoms with van der Waals surface area (Å²) in [5, 5.41) is 5.74. The Labute approximate surface area is 380 Å². The summed E-state index contributed by atoms with van der Waals surface area (Å²) in [5.41, 5.74) is -3.42. The third-order valence-corrected chi connectivity index (χ3v) is 14.9. The molecule has 20 heteroatoms. The van der Waals surface area contributed by atoms with Crippen LogP contribution < -0.4 is 34.3 Å². The Bertz CT molecular complexity index is 2550. The van der Waals surface area contributed by atoms with E-state index in [0.29, 0.717) is 98.4 Å². The van der Waals surface area contributed by atoms with E-state index in [1.807, 2.05) is 25.1 Å². The van der Waals surface area contributed by atoms with Gasteiger partial charge in [0, 0.05) is 23.3 Å². The Morgan fingerprint density at radius 3 is 2.44 bits per heavy atom. The number of amides is 4. The Hall–Kier alpha value is -5.79. The first kappa shape index (κ1) is 46.7. The molecule has 0 bridgehead atoms. The Balaban J connectivity index is 1.16. The van der Waals surface area contributed by atoms with Gasteiger partial charge in [0.2, 0.25) is 33.3 Å². The zero-order valence-corrected chi connectivity index (χ0v) is 38.1. The predicted octanol–water partition coefficient (Wildman–Crippen LogP) is 5.96. The molecule has 4 amide bonds. The van der Waals surface area contributed by atoms with Gasteiger partial charge in [-0.25, -0.2) is 18.2 Å². The second-order valence-electron chi connectivity index (χ2n) is 18.5. The van der Waals surface area contributed by atoms with Crippen LogP contribution in [0.5, 0.6) is 23.1 Å². The summed E-state index contributed by atoms with van der Waals surface area (Å²) in [6, 6.07) is 9.66. The van der Waals surface area contributed by atoms with Crippen LogP contribution in [0.4, 0.5) is 18.0 Å². The number of nitrogens with zero attached hydrogens (tertiary/aromatic N) is 2. The third-order valence-electron chi connectivity index (χ3n) is 13.0. The average molecular weight is 942 g/mol. The first-order valence-electron chi connectivity index (χ1n) is 22.1. The van der Waals surface area contributed by atoms with Gasteiger partial charge in [0.15, 0.2) is 11.5 Å². The average Bonchev–Trinajstić information content (AvgIpc) is 4.19. The number of alkyl halides is 3. The second kappa shape index (κ2) is 17.8. The summed E-state index contributed by atoms with van der Waals surface area (Å²) in [6.07, 6.45) is -1.52. The molecule has 5 aliphatic rings. The molecule has 4 heterocycles. The summed E-state index contributed by atoms with van der Waals surface area (Å²) in [4.78, 5) is 63.1. The van der Waals surface area contributed by atoms with Crippen molar-refractivity contribution in [1.82, 2.24) is 25.2 Å². The number of benzene rings is 2. The number of aromatic nitrogens is 1. The lowest BCUT2D eigenvalue weighted by Crippen LogP contribution is -2.59. The van der Waals surface area contributed by atoms with Crippen LogP contribution in [0.25, 0.3) is 22.0 Å². The van der Waals surface area contributed by atoms with E-state index >= 15 is 4.79 Å². The zero-order valence-electron chi connectivity index (χ0n) is 37.2. The molecular weight excluding hydrogens is 888 g/mol. The lowest BCUT2D eigenvalue weighted by molar-refractivity contribution is -0.244. The quantitative estimate of drug-likeness (QED) is 0.213. The van der Waals surface area contributed by atoms with Crippen molar-refractivity contribution >= 4 is 44.6 Å². The van der Waals surface area contributed by atoms with Crippen molar-refractivity contribution in [3.8, 4) is 34.4 Å². The highest BCUT2D eigenvalue weighted by atomic mass is 32.2. The number of fused-ring (bicyclic) bond motifs is 4. The van der Waals surface area contributed by atoms with Gasteiger partial charge in [-0.1, -0.05) is 26.0 Å². The number of carbonyl (C=O) groups excluding carboxylic acids is 4. The van der Waals surface area contributed by atoms with Gasteiger partial charge in [-0.3, -0.25) is 19.1 Å². The molecule has 7 atom stereocenters. The van der Waals surface area contributed by atoms with E-state index in [2.05, 4.69) is 15.4 Å². The highest BCUT2D eigenvalue weighted by Gasteiger charge is 2.62. The van der Waals surface area contributed by atoms with Crippen LogP contribution in [0.1, 0.15) is 72.6 Å². The van der Waals surface area contributed by atoms with Gasteiger partial charge in [-0.05, 0) is 112 Å². The number of carbonyl (C=O) groups is 4. The largest absolute Gasteiger partial charge is 0.497 e. The van der Waals surface area contributed by atoms with Crippen LogP contribution in [0.3, 0.4) is 0 Å². The molecule has 3 aromatic rings. The van der Waals surface area contributed by atoms with Crippen LogP contribution in [0.2, 0.25) is 0 Å². The maximum absolute atomic E-state index is 15.0. The van der Waals surface area contributed by atoms with E-state index in [9.17, 15) is 36.0 Å². The number of hydrogen-bond acceptors (Lipinski definition) is 12. The molecule has 0 unspecified atom stereocenters. The van der Waals surface area contributed by atoms with E-state index in [0.717, 1.165) is 0 Å². The summed E-state index contributed by atoms with van der Waals surface area (Å²) >= 11 is 0. The first-order chi connectivity index (χ1) is 31.2. The minimum absolute atomic E-state index is 0.0601. The molecule has 2 aromatic carbocycles. The van der Waals surface area contributed by atoms with Gasteiger partial charge in [0.05, 0.1) is 24.6 Å². The topological polar surface area (TPSA) is 201 Å². The predicted molar refractivity (Wildman–Crippen MR) is 233 cm³/mol. The van der Waals surface area contributed by atoms with E-state index < -0.39 is 86.4 Å². The molecule has 16 nitrogen and oxygen atoms in total. The molecule has 66 heavy (non-hydrogen) atoms. The van der Waals surface area contributed by atoms with E-state index in [4.69, 9.17) is 28.7 Å². The molecule has 1 saturated heterocycles. The molecule has 356 valence electrons. The standard InChI is InChI=1S/C46H54F3N5O11S/c1-25-8-6-7-9-29-23-45(29,42(57)53-66(59,60)32-12-13-32)52-39(55)35-22-31(24-54(35)41(56)38(26(2)18-25)51-43(58)65-44(3,4)46(47,48)49)64-40-33-14-11-30(61-5)19-28(33)20-34(50-40)27-10-15-36-37(21-27)63-17-16-62-36/h7,9-11,14-15,19-21,25-26,29,31-32,35,38H,6,8,12-13,16-18,22-24H2,1-5H3,(H,51,58)(H,52,55)(H,53,57)/b9-7-/t25-,26+,29+,31+,35-,38-,45+/m0/s1. The third kappa shape index (κ3) is 9.69. The first-order valence-corrected chi connectivity index (χ1v) is 23.7. The monoisotopic (exact) mass is 941 g/mol. The molecular formula is C46H54F3N5O11S. The minimum atomic E-state index is -4.93. The SMILES string of the molecule is COc1ccc2c(O[C@@H]3C[C@H]4C(=O)N[C@]5(C(=O)NS(=O)(=O)C6CC6)C[C@H]5/C=C\CC[C@H](C)C[C@@H](C)[C@H](NC(=O)OC(C)(C)C(F)(F)F)C(=O)N4C3)nc(-c3ccc4c(c3)OCCO4)cc2c1. The van der Waals surface area contributed by atoms with Crippen molar-refractivity contribution in [2.45, 2.75) is 113 Å². The number of rotatable bonds is 9. The van der Waals surface area contributed by atoms with Gasteiger partial charge >= 0.3 is 12.3 Å². The minimum Gasteiger partial charge on any atom is -0.497 e. The Kier molecular flexibility index (Phi) is 12.6. The van der Waals surface area contributed by atoms with E-state index in [-0.39, 0.29) is 31.2 Å². The molecule has 3 aliphatic heterocycles. The fourth-order valence-electron chi connectivity index (χ4n) is 8.87. The summed E-state index contributed by atoms with van der Waals surface area (Å²) in [7, 11) is -2.48. The molecule has 3 N–H and O–H groups in total. The number of halogens is 3. The van der Waals surface area contributed by atoms with E-state index in [1.165, 1.54) is 12.0 Å². The van der Waals surface area contributed by atoms with Crippen molar-refractivity contribution < 1.29 is 64.5 Å². The zero-order chi connectivity index (χ0) is 47.3. The fraction of sp³-hybridized carbons (Fsp3) is 0.543. The number of ether oxygens (including phenoxy) is 5. The highest BCUT2D eigenvalue weighted by Crippen LogP contribution is 2.46. The Morgan fingerprint density at radius 1 is 0.985 bits per heavy atom. The molecule has 3 fully saturated rings. The van der Waals surface area contributed by atoms with Crippen molar-refractivity contribution in [3.63, 3.8) is 0 Å². The van der Waals surface area contributed by atoms with Crippen LogP contribution in [0.15, 0.2) is 54.6 Å². The van der Waals surface area contributed by atoms with Crippen molar-refractivity contribution in [2.75, 3.05) is 26.9 Å². The van der Waals surface area contributed by atoms with Crippen molar-refractivity contribution in [3.05, 3.63) is 54.6 Å². The number of sulfonamides is 1. The summed E-state index contributed by atoms with van der Waals surface area (Å²) in [6.45, 7) is 5.51. The maximum atomic E-state index is 15.0. The molecule has 1 aromatic heterocycles. The van der Waals surface area contributed by atoms with Crippen LogP contribution in [-0.2, 0) is 29.1 Å². The molecule has 2 aliphatic carbocycles. The second-order valence-corrected chi connectivity index (χ2v) is 20.5. The van der Waals surface area contributed by atoms with Gasteiger partial charge in [-0.15, -0.1) is 0 Å². The lowest BCUT2D eigenvalue weighted by Gasteiger charge is -2.34. The van der Waals surface area contributed by atoms with Gasteiger partial charge in [-0.2, -0.15) is 13.2 Å². The fourth-order valence-corrected chi connectivity index (χ4v) is 10.2. The number of hydrogen-bond donors (Lipinski definition) is 3. The van der Waals surface area contributed by atoms with Crippen LogP contribution in [-0.4, -0.2) is 110 Å². The summed E-state index contributed by atoms with van der Waals surface area (Å²) < 4.78 is 98.4. The van der Waals surface area contributed by atoms with Gasteiger partial charge in [0.1, 0.15) is 42.7 Å². The normalized spacial score (nSPS) is 27.5. The van der Waals surface area contributed by atoms with E-state index in [1.54, 1.807) is 43.3 Å². The smallest absolute Gasteiger partial charge is 0.427 e. The van der Waals surface area contributed by atoms with Crippen molar-refractivity contribution in [2.24, 2.45) is 17.8 Å². The summed E-state index contributed by atoms with van der Waals surface area (Å²) in [5.74, 6) is -2.00. The molecule has 8 rings (SSSR count). The number of nitrogens with one attached hydrogen (secondary N) is 3. The van der Waals surface area contributed by atoms with Crippen LogP contribution >= 0.6 is 0 Å². The van der Waals surface area contributed by atoms with Crippen LogP contribution in [0, 0.1) is 17.8 Å². The van der Waals surface area contributed by atoms with Gasteiger partial charge < -0.3 is 39.2 Å². The maximum Gasteiger partial charge on any atom is 0.427 e. The van der Waals surface area contributed by atoms with Gasteiger partial charge in [0.25, 0.3) is 5.91 Å². The molecule has 0 radical (unpaired) electrons. The molecule has 2 saturated carbocycles. The van der Waals surface area contributed by atoms with Crippen molar-refractivity contribution in [1.29, 1.82) is 0 Å². The number of methoxy groups -OCH3 is 1. The number of allylic oxidation sites excluding steroid dienone is 1. The lowest BCUT2D eigenvalue weighted by atomic mass is 9.88.